The van der Waals surface area contributed by atoms with E-state index in [4.69, 9.17) is 34.8 Å². The predicted molar refractivity (Wildman–Crippen MR) is 101 cm³/mol. The Bertz CT molecular complexity index is 739. The monoisotopic (exact) mass is 385 g/mol. The summed E-state index contributed by atoms with van der Waals surface area (Å²) in [5.41, 5.74) is 4.10. The molecule has 24 heavy (non-hydrogen) atoms. The molecule has 1 unspecified atom stereocenters. The highest BCUT2D eigenvalue weighted by Crippen LogP contribution is 2.33. The van der Waals surface area contributed by atoms with Crippen molar-refractivity contribution in [3.63, 3.8) is 0 Å². The molecular formula is C18H20Cl3N2O+. The summed E-state index contributed by atoms with van der Waals surface area (Å²) in [5.74, 6) is -0.150. The predicted octanol–water partition coefficient (Wildman–Crippen LogP) is 3.92. The van der Waals surface area contributed by atoms with Gasteiger partial charge in [0.1, 0.15) is 6.54 Å². The van der Waals surface area contributed by atoms with Gasteiger partial charge in [-0.1, -0.05) is 58.6 Å². The van der Waals surface area contributed by atoms with E-state index in [1.807, 2.05) is 7.05 Å². The molecule has 0 aliphatic carbocycles. The number of carbonyl (C=O) groups is 1. The molecule has 0 fully saturated rings. The highest BCUT2D eigenvalue weighted by molar-refractivity contribution is 6.42. The maximum atomic E-state index is 12.3. The third kappa shape index (κ3) is 5.12. The Morgan fingerprint density at radius 1 is 1.08 bits per heavy atom. The number of nitrogens with one attached hydrogen (secondary N) is 2. The van der Waals surface area contributed by atoms with Crippen molar-refractivity contribution in [1.82, 2.24) is 0 Å². The third-order valence-corrected chi connectivity index (χ3v) is 4.54. The fourth-order valence-electron chi connectivity index (χ4n) is 2.55. The summed E-state index contributed by atoms with van der Waals surface area (Å²) in [6.07, 6.45) is 0. The molecule has 0 spiro atoms. The molecule has 0 saturated carbocycles. The second-order valence-electron chi connectivity index (χ2n) is 6.03. The number of amides is 1. The van der Waals surface area contributed by atoms with Crippen LogP contribution in [0.2, 0.25) is 15.1 Å². The first kappa shape index (κ1) is 19.1. The molecule has 6 heteroatoms. The van der Waals surface area contributed by atoms with Crippen molar-refractivity contribution >= 4 is 46.4 Å². The molecule has 0 aliphatic rings. The molecule has 0 heterocycles. The molecule has 0 aliphatic heterocycles. The first-order chi connectivity index (χ1) is 11.3. The second-order valence-corrected chi connectivity index (χ2v) is 7.28. The van der Waals surface area contributed by atoms with E-state index >= 15 is 0 Å². The molecule has 2 rings (SSSR count). The second kappa shape index (κ2) is 8.21. The minimum atomic E-state index is -0.150. The SMILES string of the molecule is Cc1ccc(C[NH+](C)CC(=O)Nc2c(Cl)cc(Cl)cc2Cl)c(C)c1. The number of halogens is 3. The largest absolute Gasteiger partial charge is 0.326 e. The van der Waals surface area contributed by atoms with Crippen LogP contribution in [0.5, 0.6) is 0 Å². The van der Waals surface area contributed by atoms with Crippen molar-refractivity contribution < 1.29 is 9.69 Å². The minimum Gasteiger partial charge on any atom is -0.326 e. The van der Waals surface area contributed by atoms with Crippen LogP contribution in [-0.4, -0.2) is 19.5 Å². The van der Waals surface area contributed by atoms with Crippen LogP contribution in [0.25, 0.3) is 0 Å². The van der Waals surface area contributed by atoms with Gasteiger partial charge < -0.3 is 10.2 Å². The average molecular weight is 387 g/mol. The van der Waals surface area contributed by atoms with Gasteiger partial charge in [0, 0.05) is 10.6 Å². The van der Waals surface area contributed by atoms with Gasteiger partial charge in [0.15, 0.2) is 6.54 Å². The molecular weight excluding hydrogens is 367 g/mol. The minimum absolute atomic E-state index is 0.150. The van der Waals surface area contributed by atoms with Crippen molar-refractivity contribution in [2.24, 2.45) is 0 Å². The number of hydrogen-bond donors (Lipinski definition) is 2. The van der Waals surface area contributed by atoms with E-state index in [1.54, 1.807) is 12.1 Å². The summed E-state index contributed by atoms with van der Waals surface area (Å²) in [6.45, 7) is 5.23. The Hall–Kier alpha value is -1.26. The summed E-state index contributed by atoms with van der Waals surface area (Å²) in [7, 11) is 1.98. The number of likely N-dealkylation sites (N-methyl/N-ethyl adjacent to an activating group) is 1. The van der Waals surface area contributed by atoms with Crippen molar-refractivity contribution in [3.05, 3.63) is 62.1 Å². The summed E-state index contributed by atoms with van der Waals surface area (Å²) in [4.78, 5) is 13.3. The van der Waals surface area contributed by atoms with Gasteiger partial charge in [-0.15, -0.1) is 0 Å². The van der Waals surface area contributed by atoms with Gasteiger partial charge in [0.2, 0.25) is 0 Å². The van der Waals surface area contributed by atoms with Crippen LogP contribution in [0.1, 0.15) is 16.7 Å². The lowest BCUT2D eigenvalue weighted by atomic mass is 10.1. The zero-order chi connectivity index (χ0) is 17.9. The van der Waals surface area contributed by atoms with E-state index in [0.717, 1.165) is 11.4 Å². The summed E-state index contributed by atoms with van der Waals surface area (Å²) < 4.78 is 0. The maximum Gasteiger partial charge on any atom is 0.279 e. The van der Waals surface area contributed by atoms with Gasteiger partial charge in [-0.05, 0) is 31.5 Å². The quantitative estimate of drug-likeness (QED) is 0.802. The van der Waals surface area contributed by atoms with Gasteiger partial charge in [0.25, 0.3) is 5.91 Å². The molecule has 0 radical (unpaired) electrons. The number of hydrogen-bond acceptors (Lipinski definition) is 1. The van der Waals surface area contributed by atoms with Crippen molar-refractivity contribution in [3.8, 4) is 0 Å². The Kier molecular flexibility index (Phi) is 6.53. The first-order valence-electron chi connectivity index (χ1n) is 7.58. The molecule has 1 amide bonds. The van der Waals surface area contributed by atoms with Crippen molar-refractivity contribution in [1.29, 1.82) is 0 Å². The molecule has 0 saturated heterocycles. The fourth-order valence-corrected chi connectivity index (χ4v) is 3.46. The van der Waals surface area contributed by atoms with Crippen LogP contribution in [0, 0.1) is 13.8 Å². The van der Waals surface area contributed by atoms with E-state index in [9.17, 15) is 4.79 Å². The Labute approximate surface area is 157 Å². The molecule has 0 aromatic heterocycles. The Morgan fingerprint density at radius 3 is 2.29 bits per heavy atom. The first-order valence-corrected chi connectivity index (χ1v) is 8.71. The fraction of sp³-hybridized carbons (Fsp3) is 0.278. The van der Waals surface area contributed by atoms with Crippen molar-refractivity contribution in [2.45, 2.75) is 20.4 Å². The van der Waals surface area contributed by atoms with Crippen LogP contribution in [0.4, 0.5) is 5.69 Å². The maximum absolute atomic E-state index is 12.3. The van der Waals surface area contributed by atoms with Gasteiger partial charge in [0.05, 0.1) is 22.8 Å². The molecule has 2 aromatic carbocycles. The Morgan fingerprint density at radius 2 is 1.71 bits per heavy atom. The highest BCUT2D eigenvalue weighted by Gasteiger charge is 2.15. The molecule has 3 nitrogen and oxygen atoms in total. The van der Waals surface area contributed by atoms with E-state index in [1.165, 1.54) is 16.7 Å². The molecule has 1 atom stereocenters. The van der Waals surface area contributed by atoms with E-state index in [2.05, 4.69) is 37.4 Å². The zero-order valence-electron chi connectivity index (χ0n) is 13.8. The third-order valence-electron chi connectivity index (χ3n) is 3.72. The van der Waals surface area contributed by atoms with Gasteiger partial charge >= 0.3 is 0 Å². The summed E-state index contributed by atoms with van der Waals surface area (Å²) in [6, 6.07) is 9.45. The Balaban J connectivity index is 1.99. The number of aryl methyl sites for hydroxylation is 2. The standard InChI is InChI=1S/C18H19Cl3N2O/c1-11-4-5-13(12(2)6-11)9-23(3)10-17(24)22-18-15(20)7-14(19)8-16(18)21/h4-8H,9-10H2,1-3H3,(H,22,24)/p+1. The van der Waals surface area contributed by atoms with Gasteiger partial charge in [-0.3, -0.25) is 4.79 Å². The summed E-state index contributed by atoms with van der Waals surface area (Å²) >= 11 is 18.1. The molecule has 128 valence electrons. The summed E-state index contributed by atoms with van der Waals surface area (Å²) in [5, 5.41) is 3.85. The van der Waals surface area contributed by atoms with Gasteiger partial charge in [-0.25, -0.2) is 0 Å². The highest BCUT2D eigenvalue weighted by atomic mass is 35.5. The van der Waals surface area contributed by atoms with Crippen molar-refractivity contribution in [2.75, 3.05) is 18.9 Å². The van der Waals surface area contributed by atoms with Crippen LogP contribution in [0.3, 0.4) is 0 Å². The van der Waals surface area contributed by atoms with Gasteiger partial charge in [-0.2, -0.15) is 0 Å². The molecule has 2 N–H and O–H groups in total. The van der Waals surface area contributed by atoms with Crippen LogP contribution >= 0.6 is 34.8 Å². The topological polar surface area (TPSA) is 33.5 Å². The van der Waals surface area contributed by atoms with Crippen LogP contribution in [0.15, 0.2) is 30.3 Å². The molecule has 2 aromatic rings. The lowest BCUT2D eigenvalue weighted by Gasteiger charge is -2.16. The number of rotatable bonds is 5. The van der Waals surface area contributed by atoms with E-state index < -0.39 is 0 Å². The zero-order valence-corrected chi connectivity index (χ0v) is 16.1. The molecule has 0 bridgehead atoms. The lowest BCUT2D eigenvalue weighted by Crippen LogP contribution is -3.08. The average Bonchev–Trinajstić information content (AvgIpc) is 2.45. The lowest BCUT2D eigenvalue weighted by molar-refractivity contribution is -0.885. The number of quaternary nitrogens is 1. The number of carbonyl (C=O) groups excluding carboxylic acids is 1. The smallest absolute Gasteiger partial charge is 0.279 e. The number of anilines is 1. The van der Waals surface area contributed by atoms with E-state index in [-0.39, 0.29) is 5.91 Å². The normalized spacial score (nSPS) is 12.1. The van der Waals surface area contributed by atoms with Crippen LogP contribution < -0.4 is 10.2 Å². The van der Waals surface area contributed by atoms with Crippen LogP contribution in [-0.2, 0) is 11.3 Å². The number of benzene rings is 2. The van der Waals surface area contributed by atoms with E-state index in [0.29, 0.717) is 27.3 Å².